The van der Waals surface area contributed by atoms with Crippen LogP contribution < -0.4 is 10.1 Å². The van der Waals surface area contributed by atoms with Gasteiger partial charge in [0, 0.05) is 25.4 Å². The standard InChI is InChI=1S/C14H19N3O/c1-10-5-6-14(18-4)12(7-10)8-15-13-9-17(3)16-11(13)2/h5-7,9,15H,8H2,1-4H3. The highest BCUT2D eigenvalue weighted by Crippen LogP contribution is 2.21. The van der Waals surface area contributed by atoms with Gasteiger partial charge in [0.1, 0.15) is 5.75 Å². The van der Waals surface area contributed by atoms with Crippen molar-refractivity contribution in [2.75, 3.05) is 12.4 Å². The Bertz CT molecular complexity index is 546. The number of aromatic nitrogens is 2. The zero-order chi connectivity index (χ0) is 13.1. The Morgan fingerprint density at radius 1 is 1.33 bits per heavy atom. The summed E-state index contributed by atoms with van der Waals surface area (Å²) in [7, 11) is 3.62. The fourth-order valence-electron chi connectivity index (χ4n) is 2.01. The van der Waals surface area contributed by atoms with E-state index in [9.17, 15) is 0 Å². The molecule has 0 radical (unpaired) electrons. The number of methoxy groups -OCH3 is 1. The van der Waals surface area contributed by atoms with Crippen LogP contribution in [-0.2, 0) is 13.6 Å². The summed E-state index contributed by atoms with van der Waals surface area (Å²) in [5.74, 6) is 0.912. The highest BCUT2D eigenvalue weighted by atomic mass is 16.5. The Labute approximate surface area is 108 Å². The van der Waals surface area contributed by atoms with E-state index in [4.69, 9.17) is 4.74 Å². The van der Waals surface area contributed by atoms with Gasteiger partial charge in [0.15, 0.2) is 0 Å². The van der Waals surface area contributed by atoms with Crippen molar-refractivity contribution in [3.05, 3.63) is 41.2 Å². The van der Waals surface area contributed by atoms with Crippen LogP contribution in [-0.4, -0.2) is 16.9 Å². The molecular weight excluding hydrogens is 226 g/mol. The molecule has 4 nitrogen and oxygen atoms in total. The van der Waals surface area contributed by atoms with Gasteiger partial charge in [0.25, 0.3) is 0 Å². The van der Waals surface area contributed by atoms with Crippen molar-refractivity contribution in [2.24, 2.45) is 7.05 Å². The molecule has 2 rings (SSSR count). The number of aryl methyl sites for hydroxylation is 3. The van der Waals surface area contributed by atoms with Gasteiger partial charge in [-0.2, -0.15) is 5.10 Å². The molecule has 0 saturated carbocycles. The Hall–Kier alpha value is -1.97. The van der Waals surface area contributed by atoms with Gasteiger partial charge < -0.3 is 10.1 Å². The second kappa shape index (κ2) is 5.12. The van der Waals surface area contributed by atoms with Crippen LogP contribution in [0.3, 0.4) is 0 Å². The number of nitrogens with zero attached hydrogens (tertiary/aromatic N) is 2. The molecule has 1 N–H and O–H groups in total. The monoisotopic (exact) mass is 245 g/mol. The molecule has 0 bridgehead atoms. The third kappa shape index (κ3) is 2.64. The zero-order valence-electron chi connectivity index (χ0n) is 11.3. The molecule has 0 aliphatic rings. The third-order valence-electron chi connectivity index (χ3n) is 2.92. The van der Waals surface area contributed by atoms with E-state index in [-0.39, 0.29) is 0 Å². The summed E-state index contributed by atoms with van der Waals surface area (Å²) >= 11 is 0. The van der Waals surface area contributed by atoms with Crippen molar-refractivity contribution in [1.29, 1.82) is 0 Å². The molecular formula is C14H19N3O. The quantitative estimate of drug-likeness (QED) is 0.900. The van der Waals surface area contributed by atoms with Crippen LogP contribution in [0.5, 0.6) is 5.75 Å². The minimum absolute atomic E-state index is 0.734. The molecule has 1 aromatic carbocycles. The first-order chi connectivity index (χ1) is 8.60. The van der Waals surface area contributed by atoms with Gasteiger partial charge in [-0.15, -0.1) is 0 Å². The van der Waals surface area contributed by atoms with Gasteiger partial charge in [0.2, 0.25) is 0 Å². The van der Waals surface area contributed by atoms with Gasteiger partial charge in [0.05, 0.1) is 18.5 Å². The maximum atomic E-state index is 5.36. The van der Waals surface area contributed by atoms with Crippen molar-refractivity contribution in [1.82, 2.24) is 9.78 Å². The van der Waals surface area contributed by atoms with Crippen LogP contribution in [0, 0.1) is 13.8 Å². The highest BCUT2D eigenvalue weighted by molar-refractivity contribution is 5.47. The topological polar surface area (TPSA) is 39.1 Å². The van der Waals surface area contributed by atoms with Gasteiger partial charge >= 0.3 is 0 Å². The van der Waals surface area contributed by atoms with E-state index in [1.807, 2.05) is 30.9 Å². The van der Waals surface area contributed by atoms with Gasteiger partial charge in [-0.3, -0.25) is 4.68 Å². The smallest absolute Gasteiger partial charge is 0.123 e. The van der Waals surface area contributed by atoms with Crippen LogP contribution in [0.2, 0.25) is 0 Å². The lowest BCUT2D eigenvalue weighted by Gasteiger charge is -2.10. The molecule has 0 unspecified atom stereocenters. The maximum Gasteiger partial charge on any atom is 0.123 e. The van der Waals surface area contributed by atoms with Crippen molar-refractivity contribution < 1.29 is 4.74 Å². The summed E-state index contributed by atoms with van der Waals surface area (Å²) in [6.45, 7) is 4.81. The molecule has 0 atom stereocenters. The van der Waals surface area contributed by atoms with E-state index in [0.717, 1.165) is 29.2 Å². The lowest BCUT2D eigenvalue weighted by atomic mass is 10.1. The summed E-state index contributed by atoms with van der Waals surface area (Å²) in [6, 6.07) is 6.19. The van der Waals surface area contributed by atoms with Crippen LogP contribution >= 0.6 is 0 Å². The van der Waals surface area contributed by atoms with E-state index >= 15 is 0 Å². The predicted molar refractivity (Wildman–Crippen MR) is 73.0 cm³/mol. The first kappa shape index (κ1) is 12.5. The van der Waals surface area contributed by atoms with Crippen molar-refractivity contribution in [3.63, 3.8) is 0 Å². The average Bonchev–Trinajstić information content (AvgIpc) is 2.65. The summed E-state index contributed by atoms with van der Waals surface area (Å²) in [4.78, 5) is 0. The summed E-state index contributed by atoms with van der Waals surface area (Å²) in [6.07, 6.45) is 1.98. The van der Waals surface area contributed by atoms with E-state index in [0.29, 0.717) is 0 Å². The minimum atomic E-state index is 0.734. The first-order valence-corrected chi connectivity index (χ1v) is 5.98. The average molecular weight is 245 g/mol. The summed E-state index contributed by atoms with van der Waals surface area (Å²) < 4.78 is 7.17. The number of benzene rings is 1. The molecule has 1 aromatic heterocycles. The van der Waals surface area contributed by atoms with Crippen LogP contribution in [0.1, 0.15) is 16.8 Å². The lowest BCUT2D eigenvalue weighted by molar-refractivity contribution is 0.410. The number of hydrogen-bond acceptors (Lipinski definition) is 3. The number of anilines is 1. The summed E-state index contributed by atoms with van der Waals surface area (Å²) in [5, 5.41) is 7.70. The molecule has 96 valence electrons. The normalized spacial score (nSPS) is 10.4. The molecule has 0 fully saturated rings. The predicted octanol–water partition coefficient (Wildman–Crippen LogP) is 2.66. The third-order valence-corrected chi connectivity index (χ3v) is 2.92. The van der Waals surface area contributed by atoms with Crippen molar-refractivity contribution in [2.45, 2.75) is 20.4 Å². The van der Waals surface area contributed by atoms with E-state index in [2.05, 4.69) is 29.5 Å². The Balaban J connectivity index is 2.14. The van der Waals surface area contributed by atoms with Crippen LogP contribution in [0.4, 0.5) is 5.69 Å². The number of rotatable bonds is 4. The second-order valence-corrected chi connectivity index (χ2v) is 4.47. The van der Waals surface area contributed by atoms with Gasteiger partial charge in [-0.1, -0.05) is 17.7 Å². The zero-order valence-corrected chi connectivity index (χ0v) is 11.3. The largest absolute Gasteiger partial charge is 0.496 e. The van der Waals surface area contributed by atoms with Gasteiger partial charge in [-0.25, -0.2) is 0 Å². The number of ether oxygens (including phenoxy) is 1. The molecule has 2 aromatic rings. The molecule has 1 heterocycles. The minimum Gasteiger partial charge on any atom is -0.496 e. The van der Waals surface area contributed by atoms with Crippen molar-refractivity contribution >= 4 is 5.69 Å². The summed E-state index contributed by atoms with van der Waals surface area (Å²) in [5.41, 5.74) is 4.45. The Morgan fingerprint density at radius 2 is 2.11 bits per heavy atom. The molecule has 0 amide bonds. The van der Waals surface area contributed by atoms with Crippen LogP contribution in [0.25, 0.3) is 0 Å². The fourth-order valence-corrected chi connectivity index (χ4v) is 2.01. The fraction of sp³-hybridized carbons (Fsp3) is 0.357. The number of nitrogens with one attached hydrogen (secondary N) is 1. The Morgan fingerprint density at radius 3 is 2.72 bits per heavy atom. The maximum absolute atomic E-state index is 5.36. The molecule has 4 heteroatoms. The first-order valence-electron chi connectivity index (χ1n) is 5.98. The Kier molecular flexibility index (Phi) is 3.55. The van der Waals surface area contributed by atoms with E-state index in [1.165, 1.54) is 5.56 Å². The molecule has 0 aliphatic heterocycles. The second-order valence-electron chi connectivity index (χ2n) is 4.47. The SMILES string of the molecule is COc1ccc(C)cc1CNc1cn(C)nc1C. The highest BCUT2D eigenvalue weighted by Gasteiger charge is 2.06. The lowest BCUT2D eigenvalue weighted by Crippen LogP contribution is -2.02. The molecule has 0 saturated heterocycles. The molecule has 0 spiro atoms. The number of hydrogen-bond donors (Lipinski definition) is 1. The molecule has 0 aliphatic carbocycles. The van der Waals surface area contributed by atoms with E-state index in [1.54, 1.807) is 7.11 Å². The molecule has 18 heavy (non-hydrogen) atoms. The van der Waals surface area contributed by atoms with Crippen LogP contribution in [0.15, 0.2) is 24.4 Å². The van der Waals surface area contributed by atoms with Crippen molar-refractivity contribution in [3.8, 4) is 5.75 Å². The van der Waals surface area contributed by atoms with E-state index < -0.39 is 0 Å². The van der Waals surface area contributed by atoms with Gasteiger partial charge in [-0.05, 0) is 19.9 Å².